The van der Waals surface area contributed by atoms with Crippen LogP contribution >= 0.6 is 0 Å². The standard InChI is InChI=1S/C17H24N2O4/c1-4-16(20)18-7-9-19(10-8-18)17(21)12-13-11-14(22-2)5-6-15(13)23-3/h5-6,11H,4,7-10,12H2,1-3H3. The van der Waals surface area contributed by atoms with Gasteiger partial charge in [-0.1, -0.05) is 6.92 Å². The van der Waals surface area contributed by atoms with Gasteiger partial charge in [0.15, 0.2) is 0 Å². The molecule has 1 fully saturated rings. The zero-order valence-electron chi connectivity index (χ0n) is 14.0. The molecule has 0 radical (unpaired) electrons. The first kappa shape index (κ1) is 17.1. The summed E-state index contributed by atoms with van der Waals surface area (Å²) in [6.07, 6.45) is 0.775. The maximum Gasteiger partial charge on any atom is 0.227 e. The predicted octanol–water partition coefficient (Wildman–Crippen LogP) is 1.33. The quantitative estimate of drug-likeness (QED) is 0.821. The number of carbonyl (C=O) groups is 2. The molecule has 6 heteroatoms. The number of carbonyl (C=O) groups excluding carboxylic acids is 2. The molecule has 0 atom stereocenters. The average molecular weight is 320 g/mol. The van der Waals surface area contributed by atoms with E-state index in [1.807, 2.05) is 24.0 Å². The van der Waals surface area contributed by atoms with Gasteiger partial charge in [0.1, 0.15) is 11.5 Å². The molecule has 1 aromatic rings. The molecule has 126 valence electrons. The lowest BCUT2D eigenvalue weighted by molar-refractivity contribution is -0.139. The third kappa shape index (κ3) is 4.15. The van der Waals surface area contributed by atoms with Crippen molar-refractivity contribution in [3.8, 4) is 11.5 Å². The van der Waals surface area contributed by atoms with Crippen molar-refractivity contribution < 1.29 is 19.1 Å². The maximum absolute atomic E-state index is 12.5. The van der Waals surface area contributed by atoms with Gasteiger partial charge in [0, 0.05) is 38.2 Å². The number of hydrogen-bond acceptors (Lipinski definition) is 4. The Hall–Kier alpha value is -2.24. The minimum Gasteiger partial charge on any atom is -0.497 e. The summed E-state index contributed by atoms with van der Waals surface area (Å²) in [4.78, 5) is 27.8. The SMILES string of the molecule is CCC(=O)N1CCN(C(=O)Cc2cc(OC)ccc2OC)CC1. The first-order valence-corrected chi connectivity index (χ1v) is 7.85. The van der Waals surface area contributed by atoms with E-state index < -0.39 is 0 Å². The summed E-state index contributed by atoms with van der Waals surface area (Å²) >= 11 is 0. The van der Waals surface area contributed by atoms with Gasteiger partial charge in [0.25, 0.3) is 0 Å². The molecular formula is C17H24N2O4. The summed E-state index contributed by atoms with van der Waals surface area (Å²) in [5.41, 5.74) is 0.809. The molecule has 1 aliphatic heterocycles. The average Bonchev–Trinajstić information content (AvgIpc) is 2.61. The summed E-state index contributed by atoms with van der Waals surface area (Å²) in [6, 6.07) is 5.44. The maximum atomic E-state index is 12.5. The number of benzene rings is 1. The monoisotopic (exact) mass is 320 g/mol. The van der Waals surface area contributed by atoms with E-state index in [-0.39, 0.29) is 18.2 Å². The van der Waals surface area contributed by atoms with Crippen LogP contribution in [0.15, 0.2) is 18.2 Å². The molecule has 0 bridgehead atoms. The van der Waals surface area contributed by atoms with Gasteiger partial charge in [0.05, 0.1) is 20.6 Å². The Balaban J connectivity index is 1.99. The Morgan fingerprint density at radius 2 is 1.61 bits per heavy atom. The van der Waals surface area contributed by atoms with Crippen molar-refractivity contribution in [3.05, 3.63) is 23.8 Å². The van der Waals surface area contributed by atoms with Crippen LogP contribution in [0.5, 0.6) is 11.5 Å². The molecule has 0 unspecified atom stereocenters. The van der Waals surface area contributed by atoms with E-state index in [1.54, 1.807) is 25.2 Å². The topological polar surface area (TPSA) is 59.1 Å². The second-order valence-electron chi connectivity index (χ2n) is 5.47. The van der Waals surface area contributed by atoms with Gasteiger partial charge in [0.2, 0.25) is 11.8 Å². The lowest BCUT2D eigenvalue weighted by Crippen LogP contribution is -2.50. The van der Waals surface area contributed by atoms with Gasteiger partial charge < -0.3 is 19.3 Å². The normalized spacial score (nSPS) is 14.6. The van der Waals surface area contributed by atoms with Crippen molar-refractivity contribution in [2.75, 3.05) is 40.4 Å². The second kappa shape index (κ2) is 7.85. The molecule has 0 aliphatic carbocycles. The van der Waals surface area contributed by atoms with Crippen molar-refractivity contribution in [1.29, 1.82) is 0 Å². The number of methoxy groups -OCH3 is 2. The van der Waals surface area contributed by atoms with Crippen LogP contribution in [0.2, 0.25) is 0 Å². The van der Waals surface area contributed by atoms with E-state index in [4.69, 9.17) is 9.47 Å². The minimum atomic E-state index is 0.0418. The lowest BCUT2D eigenvalue weighted by Gasteiger charge is -2.34. The van der Waals surface area contributed by atoms with E-state index in [9.17, 15) is 9.59 Å². The molecule has 1 saturated heterocycles. The van der Waals surface area contributed by atoms with Crippen LogP contribution in [-0.4, -0.2) is 62.0 Å². The molecule has 1 aliphatic rings. The van der Waals surface area contributed by atoms with Gasteiger partial charge in [-0.25, -0.2) is 0 Å². The zero-order valence-corrected chi connectivity index (χ0v) is 14.0. The molecule has 0 spiro atoms. The van der Waals surface area contributed by atoms with Crippen molar-refractivity contribution in [2.24, 2.45) is 0 Å². The highest BCUT2D eigenvalue weighted by Gasteiger charge is 2.24. The summed E-state index contributed by atoms with van der Waals surface area (Å²) in [6.45, 7) is 4.23. The highest BCUT2D eigenvalue weighted by atomic mass is 16.5. The van der Waals surface area contributed by atoms with E-state index >= 15 is 0 Å². The van der Waals surface area contributed by atoms with Gasteiger partial charge in [-0.15, -0.1) is 0 Å². The largest absolute Gasteiger partial charge is 0.497 e. The molecule has 0 aromatic heterocycles. The smallest absolute Gasteiger partial charge is 0.227 e. The zero-order chi connectivity index (χ0) is 16.8. The van der Waals surface area contributed by atoms with Crippen molar-refractivity contribution >= 4 is 11.8 Å². The Morgan fingerprint density at radius 1 is 1.00 bits per heavy atom. The number of nitrogens with zero attached hydrogens (tertiary/aromatic N) is 2. The summed E-state index contributed by atoms with van der Waals surface area (Å²) < 4.78 is 10.5. The van der Waals surface area contributed by atoms with Crippen LogP contribution in [0.4, 0.5) is 0 Å². The Morgan fingerprint density at radius 3 is 2.13 bits per heavy atom. The summed E-state index contributed by atoms with van der Waals surface area (Å²) in [7, 11) is 3.18. The molecule has 23 heavy (non-hydrogen) atoms. The number of hydrogen-bond donors (Lipinski definition) is 0. The minimum absolute atomic E-state index is 0.0418. The third-order valence-electron chi connectivity index (χ3n) is 4.12. The van der Waals surface area contributed by atoms with Gasteiger partial charge in [-0.05, 0) is 18.2 Å². The van der Waals surface area contributed by atoms with Crippen LogP contribution in [0.1, 0.15) is 18.9 Å². The van der Waals surface area contributed by atoms with Crippen LogP contribution < -0.4 is 9.47 Å². The number of ether oxygens (including phenoxy) is 2. The predicted molar refractivity (Wildman–Crippen MR) is 86.7 cm³/mol. The van der Waals surface area contributed by atoms with Crippen LogP contribution in [0.25, 0.3) is 0 Å². The van der Waals surface area contributed by atoms with Crippen LogP contribution in [0, 0.1) is 0 Å². The summed E-state index contributed by atoms with van der Waals surface area (Å²) in [5, 5.41) is 0. The van der Waals surface area contributed by atoms with Gasteiger partial charge in [-0.3, -0.25) is 9.59 Å². The molecule has 6 nitrogen and oxygen atoms in total. The first-order chi connectivity index (χ1) is 11.1. The fraction of sp³-hybridized carbons (Fsp3) is 0.529. The second-order valence-corrected chi connectivity index (χ2v) is 5.47. The molecule has 0 N–H and O–H groups in total. The highest BCUT2D eigenvalue weighted by molar-refractivity contribution is 5.80. The molecular weight excluding hydrogens is 296 g/mol. The van der Waals surface area contributed by atoms with E-state index in [2.05, 4.69) is 0 Å². The van der Waals surface area contributed by atoms with Crippen molar-refractivity contribution in [3.63, 3.8) is 0 Å². The Labute approximate surface area is 137 Å². The molecule has 2 rings (SSSR count). The fourth-order valence-electron chi connectivity index (χ4n) is 2.72. The summed E-state index contributed by atoms with van der Waals surface area (Å²) in [5.74, 6) is 1.57. The first-order valence-electron chi connectivity index (χ1n) is 7.85. The highest BCUT2D eigenvalue weighted by Crippen LogP contribution is 2.25. The number of amides is 2. The third-order valence-corrected chi connectivity index (χ3v) is 4.12. The van der Waals surface area contributed by atoms with Crippen molar-refractivity contribution in [2.45, 2.75) is 19.8 Å². The molecule has 1 aromatic carbocycles. The van der Waals surface area contributed by atoms with Gasteiger partial charge in [-0.2, -0.15) is 0 Å². The molecule has 2 amide bonds. The van der Waals surface area contributed by atoms with Crippen LogP contribution in [0.3, 0.4) is 0 Å². The Kier molecular flexibility index (Phi) is 5.84. The number of rotatable bonds is 5. The fourth-order valence-corrected chi connectivity index (χ4v) is 2.72. The van der Waals surface area contributed by atoms with E-state index in [0.29, 0.717) is 44.1 Å². The molecule has 1 heterocycles. The number of piperazine rings is 1. The lowest BCUT2D eigenvalue weighted by atomic mass is 10.1. The van der Waals surface area contributed by atoms with E-state index in [1.165, 1.54) is 0 Å². The van der Waals surface area contributed by atoms with Gasteiger partial charge >= 0.3 is 0 Å². The Bertz CT molecular complexity index is 566. The van der Waals surface area contributed by atoms with E-state index in [0.717, 1.165) is 5.56 Å². The van der Waals surface area contributed by atoms with Crippen molar-refractivity contribution in [1.82, 2.24) is 9.80 Å². The van der Waals surface area contributed by atoms with Crippen LogP contribution in [-0.2, 0) is 16.0 Å². The molecule has 0 saturated carbocycles.